The number of fused-ring (bicyclic) bond motifs is 1. The van der Waals surface area contributed by atoms with E-state index in [0.29, 0.717) is 29.8 Å². The molecule has 2 aliphatic rings. The fourth-order valence-corrected chi connectivity index (χ4v) is 6.11. The lowest BCUT2D eigenvalue weighted by Gasteiger charge is -2.43. The number of aromatic nitrogens is 1. The molecule has 0 saturated carbocycles. The fourth-order valence-electron chi connectivity index (χ4n) is 5.31. The first-order valence-electron chi connectivity index (χ1n) is 12.4. The molecule has 2 aromatic rings. The van der Waals surface area contributed by atoms with Crippen molar-refractivity contribution in [1.82, 2.24) is 9.88 Å². The standard InChI is InChI=1S/C26H34N4O5S/c1-16-12-17(2)23(18(3)13-16)30(36(34)35)22(26(32)33)15-29-14-20(25(29)31)6-4-8-21-10-9-19-7-5-11-27-24(19)28-21/h9-10,12-13,20,22H,4-8,11,14-15H2,1-3H3,(H,27,28)(H,32,33)(H,34,35)/p-1. The molecule has 2 aliphatic heterocycles. The molecule has 3 atom stereocenters. The Kier molecular flexibility index (Phi) is 7.94. The summed E-state index contributed by atoms with van der Waals surface area (Å²) in [6, 6.07) is 6.40. The number of rotatable bonds is 10. The van der Waals surface area contributed by atoms with E-state index in [1.54, 1.807) is 13.8 Å². The van der Waals surface area contributed by atoms with E-state index in [1.165, 1.54) is 10.5 Å². The number of β-lactam (4-membered cyclic amide) rings is 1. The average Bonchev–Trinajstić information content (AvgIpc) is 2.82. The molecule has 2 N–H and O–H groups in total. The van der Waals surface area contributed by atoms with Crippen LogP contribution < -0.4 is 9.62 Å². The summed E-state index contributed by atoms with van der Waals surface area (Å²) in [6.45, 7) is 6.58. The van der Waals surface area contributed by atoms with E-state index in [0.717, 1.165) is 53.6 Å². The number of nitrogens with zero attached hydrogens (tertiary/aromatic N) is 3. The number of nitrogens with one attached hydrogen (secondary N) is 1. The second-order valence-electron chi connectivity index (χ2n) is 9.82. The first-order chi connectivity index (χ1) is 17.2. The van der Waals surface area contributed by atoms with Gasteiger partial charge in [0.25, 0.3) is 0 Å². The van der Waals surface area contributed by atoms with Crippen LogP contribution in [0.3, 0.4) is 0 Å². The van der Waals surface area contributed by atoms with E-state index in [-0.39, 0.29) is 18.4 Å². The van der Waals surface area contributed by atoms with Crippen molar-refractivity contribution in [2.75, 3.05) is 29.3 Å². The third-order valence-corrected chi connectivity index (χ3v) is 7.78. The highest BCUT2D eigenvalue weighted by atomic mass is 32.2. The van der Waals surface area contributed by atoms with E-state index >= 15 is 0 Å². The topological polar surface area (TPSA) is 126 Å². The number of hydrogen-bond acceptors (Lipinski definition) is 6. The molecule has 0 aliphatic carbocycles. The number of carboxylic acid groups (broad SMARTS) is 1. The Balaban J connectivity index is 1.36. The minimum Gasteiger partial charge on any atom is -0.755 e. The minimum absolute atomic E-state index is 0.129. The van der Waals surface area contributed by atoms with E-state index < -0.39 is 23.3 Å². The van der Waals surface area contributed by atoms with Crippen LogP contribution in [0.1, 0.15) is 47.2 Å². The molecule has 9 nitrogen and oxygen atoms in total. The molecular formula is C26H33N4O5S-. The van der Waals surface area contributed by atoms with Crippen LogP contribution in [0.15, 0.2) is 24.3 Å². The van der Waals surface area contributed by atoms with Gasteiger partial charge in [0.1, 0.15) is 5.82 Å². The lowest BCUT2D eigenvalue weighted by atomic mass is 9.91. The van der Waals surface area contributed by atoms with Gasteiger partial charge >= 0.3 is 5.97 Å². The summed E-state index contributed by atoms with van der Waals surface area (Å²) in [5, 5.41) is 13.2. The zero-order valence-electron chi connectivity index (χ0n) is 21.0. The number of aliphatic carboxylic acids is 1. The molecule has 1 aromatic heterocycles. The molecular weight excluding hydrogens is 480 g/mol. The predicted octanol–water partition coefficient (Wildman–Crippen LogP) is 2.90. The van der Waals surface area contributed by atoms with E-state index in [1.807, 2.05) is 25.1 Å². The normalized spacial score (nSPS) is 18.6. The van der Waals surface area contributed by atoms with Gasteiger partial charge in [0.2, 0.25) is 5.91 Å². The molecule has 194 valence electrons. The number of amides is 1. The Hall–Kier alpha value is -2.98. The van der Waals surface area contributed by atoms with E-state index in [9.17, 15) is 23.5 Å². The lowest BCUT2D eigenvalue weighted by Crippen LogP contribution is -2.59. The zero-order valence-corrected chi connectivity index (χ0v) is 21.8. The summed E-state index contributed by atoms with van der Waals surface area (Å²) in [6.07, 6.45) is 4.42. The van der Waals surface area contributed by atoms with Crippen molar-refractivity contribution in [3.05, 3.63) is 52.2 Å². The second kappa shape index (κ2) is 11.0. The largest absolute Gasteiger partial charge is 0.755 e. The lowest BCUT2D eigenvalue weighted by molar-refractivity contribution is -0.150. The van der Waals surface area contributed by atoms with Gasteiger partial charge in [0.05, 0.1) is 18.2 Å². The monoisotopic (exact) mass is 513 g/mol. The van der Waals surface area contributed by atoms with Crippen LogP contribution >= 0.6 is 0 Å². The zero-order chi connectivity index (χ0) is 26.0. The van der Waals surface area contributed by atoms with Gasteiger partial charge in [-0.1, -0.05) is 23.8 Å². The van der Waals surface area contributed by atoms with Crippen molar-refractivity contribution in [3.8, 4) is 0 Å². The Morgan fingerprint density at radius 1 is 1.31 bits per heavy atom. The average molecular weight is 514 g/mol. The van der Waals surface area contributed by atoms with Crippen molar-refractivity contribution >= 4 is 34.6 Å². The molecule has 1 amide bonds. The number of carbonyl (C=O) groups excluding carboxylic acids is 1. The van der Waals surface area contributed by atoms with Gasteiger partial charge in [0, 0.05) is 30.0 Å². The van der Waals surface area contributed by atoms with Crippen LogP contribution in [-0.2, 0) is 33.7 Å². The number of carboxylic acids is 1. The summed E-state index contributed by atoms with van der Waals surface area (Å²) < 4.78 is 25.3. The van der Waals surface area contributed by atoms with Crippen LogP contribution in [0.4, 0.5) is 11.5 Å². The first kappa shape index (κ1) is 26.1. The molecule has 10 heteroatoms. The summed E-state index contributed by atoms with van der Waals surface area (Å²) >= 11 is -2.82. The number of hydrogen-bond donors (Lipinski definition) is 2. The highest BCUT2D eigenvalue weighted by molar-refractivity contribution is 7.80. The van der Waals surface area contributed by atoms with Crippen LogP contribution in [0.2, 0.25) is 0 Å². The maximum atomic E-state index is 12.8. The highest BCUT2D eigenvalue weighted by Crippen LogP contribution is 2.31. The Morgan fingerprint density at radius 3 is 2.67 bits per heavy atom. The summed E-state index contributed by atoms with van der Waals surface area (Å²) in [7, 11) is 0. The first-order valence-corrected chi connectivity index (χ1v) is 13.4. The van der Waals surface area contributed by atoms with Gasteiger partial charge in [-0.3, -0.25) is 13.3 Å². The SMILES string of the molecule is Cc1cc(C)c(N(C(CN2CC(CCCc3ccc4c(n3)NCCC4)C2=O)C(=O)O)S(=O)[O-])c(C)c1. The number of pyridine rings is 1. The van der Waals surface area contributed by atoms with Crippen molar-refractivity contribution in [2.24, 2.45) is 5.92 Å². The van der Waals surface area contributed by atoms with E-state index in [2.05, 4.69) is 11.4 Å². The Morgan fingerprint density at radius 2 is 2.03 bits per heavy atom. The quantitative estimate of drug-likeness (QED) is 0.370. The third kappa shape index (κ3) is 5.54. The van der Waals surface area contributed by atoms with Crippen LogP contribution in [0, 0.1) is 26.7 Å². The molecule has 0 radical (unpaired) electrons. The maximum absolute atomic E-state index is 12.8. The molecule has 3 unspecified atom stereocenters. The molecule has 1 saturated heterocycles. The number of likely N-dealkylation sites (tertiary alicyclic amines) is 1. The van der Waals surface area contributed by atoms with E-state index in [4.69, 9.17) is 4.98 Å². The van der Waals surface area contributed by atoms with Crippen molar-refractivity contribution < 1.29 is 23.5 Å². The third-order valence-electron chi connectivity index (χ3n) is 7.02. The molecule has 1 aromatic carbocycles. The number of aryl methyl sites for hydroxylation is 5. The van der Waals surface area contributed by atoms with Crippen LogP contribution in [-0.4, -0.2) is 61.3 Å². The molecule has 1 fully saturated rings. The van der Waals surface area contributed by atoms with Crippen molar-refractivity contribution in [2.45, 2.75) is 58.9 Å². The van der Waals surface area contributed by atoms with Gasteiger partial charge in [-0.15, -0.1) is 0 Å². The van der Waals surface area contributed by atoms with Gasteiger partial charge in [-0.25, -0.2) is 9.78 Å². The van der Waals surface area contributed by atoms with Crippen molar-refractivity contribution in [1.29, 1.82) is 0 Å². The maximum Gasteiger partial charge on any atom is 0.329 e. The van der Waals surface area contributed by atoms with Crippen LogP contribution in [0.25, 0.3) is 0 Å². The molecule has 0 bridgehead atoms. The Bertz CT molecular complexity index is 1160. The molecule has 3 heterocycles. The highest BCUT2D eigenvalue weighted by Gasteiger charge is 2.40. The number of benzene rings is 1. The van der Waals surface area contributed by atoms with Crippen molar-refractivity contribution in [3.63, 3.8) is 0 Å². The molecule has 36 heavy (non-hydrogen) atoms. The summed E-state index contributed by atoms with van der Waals surface area (Å²) in [4.78, 5) is 31.1. The Labute approximate surface area is 214 Å². The predicted molar refractivity (Wildman–Crippen MR) is 138 cm³/mol. The molecule has 4 rings (SSSR count). The number of anilines is 2. The minimum atomic E-state index is -2.82. The summed E-state index contributed by atoms with van der Waals surface area (Å²) in [5.74, 6) is -0.634. The van der Waals surface area contributed by atoms with Crippen LogP contribution in [0.5, 0.6) is 0 Å². The number of carbonyl (C=O) groups is 2. The molecule has 0 spiro atoms. The van der Waals surface area contributed by atoms with Gasteiger partial charge in [-0.2, -0.15) is 0 Å². The van der Waals surface area contributed by atoms with Gasteiger partial charge in [0.15, 0.2) is 6.04 Å². The van der Waals surface area contributed by atoms with Gasteiger partial charge in [-0.05, 0) is 75.6 Å². The fraction of sp³-hybridized carbons (Fsp3) is 0.500. The summed E-state index contributed by atoms with van der Waals surface area (Å²) in [5.41, 5.74) is 4.88. The van der Waals surface area contributed by atoms with Gasteiger partial charge < -0.3 is 19.9 Å². The second-order valence-corrected chi connectivity index (χ2v) is 10.6. The smallest absolute Gasteiger partial charge is 0.329 e.